The molecule has 8 heteroatoms. The average Bonchev–Trinajstić information content (AvgIpc) is 2.43. The maximum absolute atomic E-state index is 13.0. The second-order valence-electron chi connectivity index (χ2n) is 4.27. The Hall–Kier alpha value is -2.51. The number of aliphatic carboxylic acids is 1. The fourth-order valence-corrected chi connectivity index (χ4v) is 1.79. The van der Waals surface area contributed by atoms with E-state index in [4.69, 9.17) is 5.11 Å². The smallest absolute Gasteiger partial charge is 0.416 e. The highest BCUT2D eigenvalue weighted by atomic mass is 19.4. The number of halogens is 3. The van der Waals surface area contributed by atoms with E-state index in [-0.39, 0.29) is 12.2 Å². The zero-order chi connectivity index (χ0) is 16.8. The van der Waals surface area contributed by atoms with Crippen molar-refractivity contribution in [2.45, 2.75) is 18.6 Å². The Labute approximate surface area is 124 Å². The van der Waals surface area contributed by atoms with Crippen LogP contribution in [0.4, 0.5) is 18.0 Å². The molecule has 0 heterocycles. The van der Waals surface area contributed by atoms with E-state index in [2.05, 4.69) is 16.6 Å². The van der Waals surface area contributed by atoms with Crippen molar-refractivity contribution in [3.63, 3.8) is 0 Å². The van der Waals surface area contributed by atoms with Crippen LogP contribution >= 0.6 is 0 Å². The first-order valence-corrected chi connectivity index (χ1v) is 6.17. The van der Waals surface area contributed by atoms with Gasteiger partial charge in [-0.1, -0.05) is 30.9 Å². The number of carbonyl (C=O) groups excluding carboxylic acids is 1. The SMILES string of the molecule is C=CCOC(=O)N[C@H](CC(=O)O)c1ccccc1C(F)(F)F. The molecule has 1 atom stereocenters. The molecule has 0 aliphatic heterocycles. The van der Waals surface area contributed by atoms with Crippen molar-refractivity contribution in [2.24, 2.45) is 0 Å². The average molecular weight is 317 g/mol. The Kier molecular flexibility index (Phi) is 5.97. The summed E-state index contributed by atoms with van der Waals surface area (Å²) in [5.74, 6) is -1.36. The lowest BCUT2D eigenvalue weighted by atomic mass is 9.97. The van der Waals surface area contributed by atoms with Gasteiger partial charge < -0.3 is 15.2 Å². The van der Waals surface area contributed by atoms with Gasteiger partial charge in [0.25, 0.3) is 0 Å². The number of carboxylic acid groups (broad SMARTS) is 1. The third kappa shape index (κ3) is 5.12. The van der Waals surface area contributed by atoms with Crippen molar-refractivity contribution in [3.05, 3.63) is 48.0 Å². The van der Waals surface area contributed by atoms with Gasteiger partial charge >= 0.3 is 18.2 Å². The van der Waals surface area contributed by atoms with Crippen molar-refractivity contribution in [3.8, 4) is 0 Å². The van der Waals surface area contributed by atoms with Crippen LogP contribution in [0.2, 0.25) is 0 Å². The Bertz CT molecular complexity index is 557. The highest BCUT2D eigenvalue weighted by Crippen LogP contribution is 2.35. The monoisotopic (exact) mass is 317 g/mol. The fraction of sp³-hybridized carbons (Fsp3) is 0.286. The molecule has 0 fully saturated rings. The zero-order valence-corrected chi connectivity index (χ0v) is 11.4. The van der Waals surface area contributed by atoms with Crippen LogP contribution in [-0.4, -0.2) is 23.8 Å². The number of carboxylic acids is 1. The van der Waals surface area contributed by atoms with Crippen LogP contribution in [0, 0.1) is 0 Å². The summed E-state index contributed by atoms with van der Waals surface area (Å²) in [5, 5.41) is 11.0. The van der Waals surface area contributed by atoms with Gasteiger partial charge in [-0.15, -0.1) is 0 Å². The van der Waals surface area contributed by atoms with E-state index in [0.717, 1.165) is 12.1 Å². The van der Waals surface area contributed by atoms with E-state index in [1.165, 1.54) is 18.2 Å². The van der Waals surface area contributed by atoms with Gasteiger partial charge in [-0.25, -0.2) is 4.79 Å². The molecule has 0 aliphatic carbocycles. The van der Waals surface area contributed by atoms with E-state index in [1.807, 2.05) is 0 Å². The van der Waals surface area contributed by atoms with Crippen molar-refractivity contribution in [1.82, 2.24) is 5.32 Å². The van der Waals surface area contributed by atoms with E-state index in [0.29, 0.717) is 0 Å². The summed E-state index contributed by atoms with van der Waals surface area (Å²) in [6.07, 6.45) is -5.13. The molecule has 0 aromatic heterocycles. The maximum Gasteiger partial charge on any atom is 0.416 e. The molecule has 0 unspecified atom stereocenters. The van der Waals surface area contributed by atoms with Crippen LogP contribution in [0.15, 0.2) is 36.9 Å². The molecule has 0 saturated carbocycles. The molecule has 0 spiro atoms. The highest BCUT2D eigenvalue weighted by Gasteiger charge is 2.35. The minimum Gasteiger partial charge on any atom is -0.481 e. The third-order valence-electron chi connectivity index (χ3n) is 2.64. The predicted molar refractivity (Wildman–Crippen MR) is 71.1 cm³/mol. The number of nitrogens with one attached hydrogen (secondary N) is 1. The number of alkyl halides is 3. The van der Waals surface area contributed by atoms with Gasteiger partial charge in [-0.2, -0.15) is 13.2 Å². The molecule has 0 saturated heterocycles. The van der Waals surface area contributed by atoms with Gasteiger partial charge in [-0.05, 0) is 11.6 Å². The van der Waals surface area contributed by atoms with Crippen molar-refractivity contribution in [2.75, 3.05) is 6.61 Å². The van der Waals surface area contributed by atoms with E-state index in [1.54, 1.807) is 0 Å². The lowest BCUT2D eigenvalue weighted by Gasteiger charge is -2.21. The molecular formula is C14H14F3NO4. The molecule has 2 N–H and O–H groups in total. The third-order valence-corrected chi connectivity index (χ3v) is 2.64. The first-order valence-electron chi connectivity index (χ1n) is 6.17. The molecule has 0 aliphatic rings. The largest absolute Gasteiger partial charge is 0.481 e. The summed E-state index contributed by atoms with van der Waals surface area (Å²) >= 11 is 0. The minimum atomic E-state index is -4.67. The molecule has 0 radical (unpaired) electrons. The second-order valence-corrected chi connectivity index (χ2v) is 4.27. The molecule has 0 bridgehead atoms. The number of hydrogen-bond acceptors (Lipinski definition) is 3. The predicted octanol–water partition coefficient (Wildman–Crippen LogP) is 3.13. The van der Waals surface area contributed by atoms with E-state index >= 15 is 0 Å². The van der Waals surface area contributed by atoms with Gasteiger partial charge in [0.2, 0.25) is 0 Å². The standard InChI is InChI=1S/C14H14F3NO4/c1-2-7-22-13(21)18-11(8-12(19)20)9-5-3-4-6-10(9)14(15,16)17/h2-6,11H,1,7-8H2,(H,18,21)(H,19,20)/t11-/m1/s1. The number of hydrogen-bond donors (Lipinski definition) is 2. The first kappa shape index (κ1) is 17.5. The van der Waals surface area contributed by atoms with Crippen molar-refractivity contribution >= 4 is 12.1 Å². The Balaban J connectivity index is 3.09. The quantitative estimate of drug-likeness (QED) is 0.790. The van der Waals surface area contributed by atoms with Gasteiger partial charge in [0.1, 0.15) is 6.61 Å². The van der Waals surface area contributed by atoms with Crippen molar-refractivity contribution in [1.29, 1.82) is 0 Å². The second kappa shape index (κ2) is 7.48. The van der Waals surface area contributed by atoms with Gasteiger partial charge in [-0.3, -0.25) is 4.79 Å². The van der Waals surface area contributed by atoms with E-state index in [9.17, 15) is 22.8 Å². The lowest BCUT2D eigenvalue weighted by Crippen LogP contribution is -2.32. The lowest BCUT2D eigenvalue weighted by molar-refractivity contribution is -0.140. The number of ether oxygens (including phenoxy) is 1. The summed E-state index contributed by atoms with van der Waals surface area (Å²) in [6, 6.07) is 3.08. The van der Waals surface area contributed by atoms with Crippen LogP contribution in [-0.2, 0) is 15.7 Å². The summed E-state index contributed by atoms with van der Waals surface area (Å²) in [7, 11) is 0. The van der Waals surface area contributed by atoms with Crippen LogP contribution in [0.25, 0.3) is 0 Å². The Morgan fingerprint density at radius 3 is 2.55 bits per heavy atom. The van der Waals surface area contributed by atoms with Crippen LogP contribution in [0.1, 0.15) is 23.6 Å². The minimum absolute atomic E-state index is 0.146. The summed E-state index contributed by atoms with van der Waals surface area (Å²) in [5.41, 5.74) is -1.35. The fourth-order valence-electron chi connectivity index (χ4n) is 1.79. The molecule has 5 nitrogen and oxygen atoms in total. The maximum atomic E-state index is 13.0. The molecular weight excluding hydrogens is 303 g/mol. The molecule has 120 valence electrons. The van der Waals surface area contributed by atoms with Crippen LogP contribution < -0.4 is 5.32 Å². The number of rotatable bonds is 6. The first-order chi connectivity index (χ1) is 10.3. The zero-order valence-electron chi connectivity index (χ0n) is 11.4. The molecule has 1 amide bonds. The number of alkyl carbamates (subject to hydrolysis) is 1. The van der Waals surface area contributed by atoms with Gasteiger partial charge in [0.05, 0.1) is 18.0 Å². The summed E-state index contributed by atoms with van der Waals surface area (Å²) in [6.45, 7) is 3.17. The number of amides is 1. The normalized spacial score (nSPS) is 12.3. The number of carbonyl (C=O) groups is 2. The highest BCUT2D eigenvalue weighted by molar-refractivity contribution is 5.72. The van der Waals surface area contributed by atoms with Crippen LogP contribution in [0.5, 0.6) is 0 Å². The van der Waals surface area contributed by atoms with Crippen molar-refractivity contribution < 1.29 is 32.6 Å². The Morgan fingerprint density at radius 2 is 2.00 bits per heavy atom. The molecule has 1 rings (SSSR count). The molecule has 1 aromatic rings. The molecule has 22 heavy (non-hydrogen) atoms. The van der Waals surface area contributed by atoms with Crippen LogP contribution in [0.3, 0.4) is 0 Å². The molecule has 1 aromatic carbocycles. The summed E-state index contributed by atoms with van der Waals surface area (Å²) in [4.78, 5) is 22.3. The van der Waals surface area contributed by atoms with E-state index < -0.39 is 36.3 Å². The summed E-state index contributed by atoms with van der Waals surface area (Å²) < 4.78 is 43.6. The van der Waals surface area contributed by atoms with Gasteiger partial charge in [0, 0.05) is 0 Å². The Morgan fingerprint density at radius 1 is 1.36 bits per heavy atom. The number of benzene rings is 1. The topological polar surface area (TPSA) is 75.6 Å². The van der Waals surface area contributed by atoms with Gasteiger partial charge in [0.15, 0.2) is 0 Å².